The van der Waals surface area contributed by atoms with Crippen molar-refractivity contribution in [1.82, 2.24) is 4.90 Å². The first kappa shape index (κ1) is 16.6. The lowest BCUT2D eigenvalue weighted by atomic mass is 9.91. The van der Waals surface area contributed by atoms with Crippen molar-refractivity contribution < 1.29 is 19.4 Å². The van der Waals surface area contributed by atoms with E-state index in [0.29, 0.717) is 18.5 Å². The molecule has 1 saturated heterocycles. The zero-order valence-corrected chi connectivity index (χ0v) is 13.6. The number of hydrogen-bond donors (Lipinski definition) is 1. The number of carboxylic acid groups (broad SMARTS) is 1. The van der Waals surface area contributed by atoms with Crippen LogP contribution in [0.2, 0.25) is 0 Å². The Morgan fingerprint density at radius 3 is 2.73 bits per heavy atom. The molecule has 0 radical (unpaired) electrons. The lowest BCUT2D eigenvalue weighted by Crippen LogP contribution is -2.48. The minimum absolute atomic E-state index is 0.0473. The van der Waals surface area contributed by atoms with Crippen molar-refractivity contribution in [1.29, 1.82) is 0 Å². The second-order valence-electron chi connectivity index (χ2n) is 6.12. The molecule has 0 aromatic rings. The monoisotopic (exact) mass is 307 g/mol. The fourth-order valence-corrected chi connectivity index (χ4v) is 3.28. The summed E-state index contributed by atoms with van der Waals surface area (Å²) >= 11 is 0. The number of methoxy groups -OCH3 is 1. The van der Waals surface area contributed by atoms with Crippen LogP contribution in [0.1, 0.15) is 46.0 Å². The van der Waals surface area contributed by atoms with Crippen molar-refractivity contribution in [3.63, 3.8) is 0 Å². The maximum Gasteiger partial charge on any atom is 0.308 e. The number of nitrogens with zero attached hydrogens (tertiary/aromatic N) is 1. The number of piperidine rings is 1. The van der Waals surface area contributed by atoms with Crippen LogP contribution in [0.3, 0.4) is 0 Å². The van der Waals surface area contributed by atoms with Crippen molar-refractivity contribution in [2.75, 3.05) is 13.7 Å². The molecule has 1 N–H and O–H groups in total. The van der Waals surface area contributed by atoms with E-state index in [2.05, 4.69) is 0 Å². The van der Waals surface area contributed by atoms with Crippen molar-refractivity contribution in [3.8, 4) is 0 Å². The molecule has 2 aliphatic heterocycles. The Labute approximate surface area is 131 Å². The van der Waals surface area contributed by atoms with Crippen molar-refractivity contribution in [2.24, 2.45) is 5.92 Å². The van der Waals surface area contributed by atoms with Gasteiger partial charge in [-0.15, -0.1) is 0 Å². The number of carbonyl (C=O) groups is 2. The predicted octanol–water partition coefficient (Wildman–Crippen LogP) is 2.73. The van der Waals surface area contributed by atoms with Gasteiger partial charge < -0.3 is 14.7 Å². The van der Waals surface area contributed by atoms with Gasteiger partial charge in [-0.25, -0.2) is 0 Å². The standard InChI is InChI=1S/C17H25NO4/c1-4-14(22-3)9-15-11(2)5-7-13-8-6-12(17(20)21)10-18(13)16(15)19/h9,12-13H,4-8,10H2,1-3H3,(H,20,21). The van der Waals surface area contributed by atoms with Crippen LogP contribution in [-0.4, -0.2) is 41.6 Å². The Kier molecular flexibility index (Phi) is 5.27. The number of aliphatic carboxylic acids is 1. The summed E-state index contributed by atoms with van der Waals surface area (Å²) in [5.41, 5.74) is 1.74. The third kappa shape index (κ3) is 3.34. The van der Waals surface area contributed by atoms with Crippen LogP contribution in [-0.2, 0) is 14.3 Å². The number of amides is 1. The zero-order chi connectivity index (χ0) is 16.3. The van der Waals surface area contributed by atoms with Gasteiger partial charge in [0.25, 0.3) is 5.91 Å². The van der Waals surface area contributed by atoms with Gasteiger partial charge in [-0.3, -0.25) is 9.59 Å². The van der Waals surface area contributed by atoms with E-state index in [1.165, 1.54) is 0 Å². The van der Waals surface area contributed by atoms with Gasteiger partial charge in [0.1, 0.15) is 0 Å². The molecule has 2 atom stereocenters. The number of fused-ring (bicyclic) bond motifs is 1. The number of ether oxygens (including phenoxy) is 1. The number of hydrogen-bond acceptors (Lipinski definition) is 3. The van der Waals surface area contributed by atoms with Gasteiger partial charge in [-0.1, -0.05) is 12.5 Å². The van der Waals surface area contributed by atoms with E-state index in [0.717, 1.165) is 37.0 Å². The molecule has 0 saturated carbocycles. The van der Waals surface area contributed by atoms with Crippen molar-refractivity contribution >= 4 is 11.9 Å². The quantitative estimate of drug-likeness (QED) is 0.811. The van der Waals surface area contributed by atoms with E-state index >= 15 is 0 Å². The first-order valence-corrected chi connectivity index (χ1v) is 7.96. The fraction of sp³-hybridized carbons (Fsp3) is 0.647. The smallest absolute Gasteiger partial charge is 0.308 e. The lowest BCUT2D eigenvalue weighted by Gasteiger charge is -2.37. The van der Waals surface area contributed by atoms with E-state index in [1.54, 1.807) is 12.0 Å². The van der Waals surface area contributed by atoms with E-state index in [1.807, 2.05) is 19.9 Å². The first-order valence-electron chi connectivity index (χ1n) is 7.96. The Hall–Kier alpha value is -1.78. The molecule has 0 aromatic heterocycles. The van der Waals surface area contributed by atoms with Crippen LogP contribution >= 0.6 is 0 Å². The fourth-order valence-electron chi connectivity index (χ4n) is 3.28. The largest absolute Gasteiger partial charge is 0.501 e. The maximum atomic E-state index is 12.9. The average molecular weight is 307 g/mol. The average Bonchev–Trinajstić information content (AvgIpc) is 2.63. The van der Waals surface area contributed by atoms with Gasteiger partial charge >= 0.3 is 5.97 Å². The van der Waals surface area contributed by atoms with Crippen LogP contribution in [0.15, 0.2) is 23.0 Å². The Bertz CT molecular complexity index is 515. The summed E-state index contributed by atoms with van der Waals surface area (Å²) < 4.78 is 5.30. The minimum atomic E-state index is -0.806. The maximum absolute atomic E-state index is 12.9. The highest BCUT2D eigenvalue weighted by molar-refractivity contribution is 5.98. The van der Waals surface area contributed by atoms with Crippen LogP contribution in [0.5, 0.6) is 0 Å². The third-order valence-corrected chi connectivity index (χ3v) is 4.78. The highest BCUT2D eigenvalue weighted by Gasteiger charge is 2.37. The number of rotatable bonds is 4. The van der Waals surface area contributed by atoms with Gasteiger partial charge in [-0.05, 0) is 38.7 Å². The normalized spacial score (nSPS) is 26.6. The molecule has 0 aliphatic carbocycles. The number of carboxylic acids is 1. The molecule has 2 heterocycles. The summed E-state index contributed by atoms with van der Waals surface area (Å²) in [6.07, 6.45) is 5.77. The Morgan fingerprint density at radius 1 is 1.41 bits per heavy atom. The Balaban J connectivity index is 2.30. The molecule has 1 amide bonds. The summed E-state index contributed by atoms with van der Waals surface area (Å²) in [4.78, 5) is 25.9. The molecule has 2 rings (SSSR count). The van der Waals surface area contributed by atoms with Crippen molar-refractivity contribution in [2.45, 2.75) is 52.0 Å². The third-order valence-electron chi connectivity index (χ3n) is 4.78. The zero-order valence-electron chi connectivity index (χ0n) is 13.6. The predicted molar refractivity (Wildman–Crippen MR) is 83.2 cm³/mol. The lowest BCUT2D eigenvalue weighted by molar-refractivity contribution is -0.146. The second kappa shape index (κ2) is 6.99. The summed E-state index contributed by atoms with van der Waals surface area (Å²) in [5.74, 6) is -0.529. The second-order valence-corrected chi connectivity index (χ2v) is 6.12. The molecule has 0 spiro atoms. The summed E-state index contributed by atoms with van der Waals surface area (Å²) in [7, 11) is 1.61. The van der Waals surface area contributed by atoms with E-state index < -0.39 is 11.9 Å². The molecule has 22 heavy (non-hydrogen) atoms. The van der Waals surface area contributed by atoms with Crippen LogP contribution in [0, 0.1) is 5.92 Å². The first-order chi connectivity index (χ1) is 10.5. The minimum Gasteiger partial charge on any atom is -0.501 e. The number of allylic oxidation sites excluding steroid dienone is 2. The molecule has 5 nitrogen and oxygen atoms in total. The molecule has 0 aromatic carbocycles. The summed E-state index contributed by atoms with van der Waals surface area (Å²) in [6, 6.07) is 0.163. The molecule has 2 aliphatic rings. The van der Waals surface area contributed by atoms with Crippen molar-refractivity contribution in [3.05, 3.63) is 23.0 Å². The highest BCUT2D eigenvalue weighted by Crippen LogP contribution is 2.32. The van der Waals surface area contributed by atoms with Gasteiger partial charge in [0.05, 0.1) is 18.8 Å². The summed E-state index contributed by atoms with van der Waals surface area (Å²) in [5, 5.41) is 9.24. The summed E-state index contributed by atoms with van der Waals surface area (Å²) in [6.45, 7) is 4.29. The van der Waals surface area contributed by atoms with Crippen LogP contribution in [0.4, 0.5) is 0 Å². The van der Waals surface area contributed by atoms with Crippen LogP contribution in [0.25, 0.3) is 0 Å². The van der Waals surface area contributed by atoms with Gasteiger partial charge in [0.2, 0.25) is 0 Å². The molecular formula is C17H25NO4. The van der Waals surface area contributed by atoms with Gasteiger partial charge in [0.15, 0.2) is 0 Å². The molecule has 122 valence electrons. The van der Waals surface area contributed by atoms with E-state index in [4.69, 9.17) is 4.74 Å². The van der Waals surface area contributed by atoms with Gasteiger partial charge in [0, 0.05) is 24.6 Å². The topological polar surface area (TPSA) is 66.8 Å². The molecule has 0 bridgehead atoms. The number of carbonyl (C=O) groups excluding carboxylic acids is 1. The Morgan fingerprint density at radius 2 is 2.14 bits per heavy atom. The molecule has 2 unspecified atom stereocenters. The molecule has 1 fully saturated rings. The van der Waals surface area contributed by atoms with Gasteiger partial charge in [-0.2, -0.15) is 0 Å². The van der Waals surface area contributed by atoms with E-state index in [-0.39, 0.29) is 11.9 Å². The molecule has 5 heteroatoms. The van der Waals surface area contributed by atoms with E-state index in [9.17, 15) is 14.7 Å². The highest BCUT2D eigenvalue weighted by atomic mass is 16.5. The molecular weight excluding hydrogens is 282 g/mol. The van der Waals surface area contributed by atoms with Crippen LogP contribution < -0.4 is 0 Å². The SMILES string of the molecule is CCC(=CC1=C(C)CCC2CCC(C(=O)O)CN2C1=O)OC.